The zero-order valence-electron chi connectivity index (χ0n) is 14.6. The summed E-state index contributed by atoms with van der Waals surface area (Å²) in [6.07, 6.45) is 3.95. The number of oxazole rings is 1. The van der Waals surface area contributed by atoms with Crippen LogP contribution in [0.25, 0.3) is 0 Å². The molecule has 0 unspecified atom stereocenters. The van der Waals surface area contributed by atoms with Crippen LogP contribution in [0.4, 0.5) is 6.01 Å². The summed E-state index contributed by atoms with van der Waals surface area (Å²) < 4.78 is 10.9. The van der Waals surface area contributed by atoms with Crippen molar-refractivity contribution < 1.29 is 13.9 Å². The molecule has 1 amide bonds. The van der Waals surface area contributed by atoms with Gasteiger partial charge < -0.3 is 9.15 Å². The molecule has 132 valence electrons. The van der Waals surface area contributed by atoms with Crippen LogP contribution in [-0.2, 0) is 16.6 Å². The second kappa shape index (κ2) is 6.67. The van der Waals surface area contributed by atoms with Gasteiger partial charge in [0.15, 0.2) is 0 Å². The van der Waals surface area contributed by atoms with Gasteiger partial charge in [-0.1, -0.05) is 42.5 Å². The lowest BCUT2D eigenvalue weighted by molar-refractivity contribution is -0.118. The SMILES string of the molecule is COc1ccc(C2(C(=O)Nc3ncc(Cc4ccccc4)o3)CC2)cc1. The smallest absolute Gasteiger partial charge is 0.301 e. The van der Waals surface area contributed by atoms with E-state index in [0.717, 1.165) is 35.5 Å². The van der Waals surface area contributed by atoms with Gasteiger partial charge in [0.05, 0.1) is 18.7 Å². The van der Waals surface area contributed by atoms with Crippen LogP contribution in [0.2, 0.25) is 0 Å². The van der Waals surface area contributed by atoms with Crippen LogP contribution in [0.1, 0.15) is 29.7 Å². The summed E-state index contributed by atoms with van der Waals surface area (Å²) in [7, 11) is 1.63. The highest BCUT2D eigenvalue weighted by Crippen LogP contribution is 2.49. The molecule has 0 aliphatic heterocycles. The number of carbonyl (C=O) groups is 1. The van der Waals surface area contributed by atoms with Crippen molar-refractivity contribution in [3.8, 4) is 5.75 Å². The van der Waals surface area contributed by atoms with E-state index in [4.69, 9.17) is 9.15 Å². The van der Waals surface area contributed by atoms with Crippen LogP contribution in [0.5, 0.6) is 5.75 Å². The second-order valence-corrected chi connectivity index (χ2v) is 6.56. The van der Waals surface area contributed by atoms with Crippen molar-refractivity contribution in [3.05, 3.63) is 77.7 Å². The Morgan fingerprint density at radius 3 is 2.54 bits per heavy atom. The van der Waals surface area contributed by atoms with Gasteiger partial charge in [-0.15, -0.1) is 0 Å². The van der Waals surface area contributed by atoms with Crippen molar-refractivity contribution in [2.75, 3.05) is 12.4 Å². The second-order valence-electron chi connectivity index (χ2n) is 6.56. The third-order valence-electron chi connectivity index (χ3n) is 4.82. The predicted molar refractivity (Wildman–Crippen MR) is 98.3 cm³/mol. The molecule has 1 saturated carbocycles. The summed E-state index contributed by atoms with van der Waals surface area (Å²) in [5.74, 6) is 1.43. The first-order valence-corrected chi connectivity index (χ1v) is 8.64. The van der Waals surface area contributed by atoms with Crippen LogP contribution >= 0.6 is 0 Å². The highest BCUT2D eigenvalue weighted by atomic mass is 16.5. The van der Waals surface area contributed by atoms with Crippen LogP contribution in [-0.4, -0.2) is 18.0 Å². The van der Waals surface area contributed by atoms with E-state index in [0.29, 0.717) is 6.42 Å². The van der Waals surface area contributed by atoms with Gasteiger partial charge in [0.2, 0.25) is 5.91 Å². The highest BCUT2D eigenvalue weighted by molar-refractivity contribution is 6.00. The van der Waals surface area contributed by atoms with E-state index in [1.165, 1.54) is 0 Å². The Balaban J connectivity index is 1.44. The molecular weight excluding hydrogens is 328 g/mol. The zero-order valence-corrected chi connectivity index (χ0v) is 14.6. The number of nitrogens with one attached hydrogen (secondary N) is 1. The molecule has 4 rings (SSSR count). The van der Waals surface area contributed by atoms with E-state index in [2.05, 4.69) is 10.3 Å². The third-order valence-corrected chi connectivity index (χ3v) is 4.82. The molecule has 0 bridgehead atoms. The third kappa shape index (κ3) is 3.20. The lowest BCUT2D eigenvalue weighted by Crippen LogP contribution is -2.27. The molecule has 1 aliphatic carbocycles. The Labute approximate surface area is 152 Å². The minimum absolute atomic E-state index is 0.0734. The van der Waals surface area contributed by atoms with E-state index < -0.39 is 5.41 Å². The summed E-state index contributed by atoms with van der Waals surface area (Å²) in [5.41, 5.74) is 1.64. The van der Waals surface area contributed by atoms with Gasteiger partial charge in [-0.25, -0.2) is 4.98 Å². The number of anilines is 1. The van der Waals surface area contributed by atoms with Gasteiger partial charge in [0.1, 0.15) is 11.5 Å². The largest absolute Gasteiger partial charge is 0.497 e. The van der Waals surface area contributed by atoms with E-state index in [1.807, 2.05) is 54.6 Å². The number of carbonyl (C=O) groups excluding carboxylic acids is 1. The molecule has 1 heterocycles. The first kappa shape index (κ1) is 16.4. The fraction of sp³-hybridized carbons (Fsp3) is 0.238. The Morgan fingerprint density at radius 1 is 1.15 bits per heavy atom. The molecule has 1 fully saturated rings. The minimum atomic E-state index is -0.486. The summed E-state index contributed by atoms with van der Waals surface area (Å²) in [6, 6.07) is 17.9. The van der Waals surface area contributed by atoms with Gasteiger partial charge >= 0.3 is 6.01 Å². The Kier molecular flexibility index (Phi) is 4.21. The molecule has 0 radical (unpaired) electrons. The van der Waals surface area contributed by atoms with Gasteiger partial charge in [0, 0.05) is 6.42 Å². The van der Waals surface area contributed by atoms with Crippen molar-refractivity contribution in [2.24, 2.45) is 0 Å². The number of rotatable bonds is 6. The molecule has 1 aliphatic rings. The van der Waals surface area contributed by atoms with Gasteiger partial charge in [0.25, 0.3) is 0 Å². The maximum absolute atomic E-state index is 12.8. The Hall–Kier alpha value is -3.08. The van der Waals surface area contributed by atoms with E-state index in [-0.39, 0.29) is 11.9 Å². The standard InChI is InChI=1S/C21H20N2O3/c1-25-17-9-7-16(8-10-17)21(11-12-21)19(24)23-20-22-14-18(26-20)13-15-5-3-2-4-6-15/h2-10,14H,11-13H2,1H3,(H,22,23,24). The summed E-state index contributed by atoms with van der Waals surface area (Å²) in [6.45, 7) is 0. The van der Waals surface area contributed by atoms with Crippen molar-refractivity contribution >= 4 is 11.9 Å². The zero-order chi connectivity index (χ0) is 18.0. The quantitative estimate of drug-likeness (QED) is 0.733. The predicted octanol–water partition coefficient (Wildman–Crippen LogP) is 3.94. The number of ether oxygens (including phenoxy) is 1. The van der Waals surface area contributed by atoms with Crippen LogP contribution < -0.4 is 10.1 Å². The molecule has 0 spiro atoms. The summed E-state index contributed by atoms with van der Waals surface area (Å²) in [4.78, 5) is 17.0. The minimum Gasteiger partial charge on any atom is -0.497 e. The topological polar surface area (TPSA) is 64.4 Å². The number of methoxy groups -OCH3 is 1. The van der Waals surface area contributed by atoms with Crippen LogP contribution in [0.3, 0.4) is 0 Å². The summed E-state index contributed by atoms with van der Waals surface area (Å²) in [5, 5.41) is 2.83. The van der Waals surface area contributed by atoms with Gasteiger partial charge in [-0.3, -0.25) is 10.1 Å². The fourth-order valence-electron chi connectivity index (χ4n) is 3.14. The molecule has 2 aromatic carbocycles. The first-order chi connectivity index (χ1) is 12.7. The molecule has 5 nitrogen and oxygen atoms in total. The number of benzene rings is 2. The van der Waals surface area contributed by atoms with Crippen molar-refractivity contribution in [1.29, 1.82) is 0 Å². The average Bonchev–Trinajstić information content (AvgIpc) is 3.39. The molecule has 3 aromatic rings. The molecular formula is C21H20N2O3. The molecule has 0 saturated heterocycles. The molecule has 5 heteroatoms. The van der Waals surface area contributed by atoms with Gasteiger partial charge in [-0.05, 0) is 36.1 Å². The van der Waals surface area contributed by atoms with Gasteiger partial charge in [-0.2, -0.15) is 0 Å². The normalized spacial score (nSPS) is 14.7. The number of hydrogen-bond donors (Lipinski definition) is 1. The molecule has 26 heavy (non-hydrogen) atoms. The van der Waals surface area contributed by atoms with E-state index >= 15 is 0 Å². The maximum atomic E-state index is 12.8. The van der Waals surface area contributed by atoms with E-state index in [1.54, 1.807) is 13.3 Å². The van der Waals surface area contributed by atoms with E-state index in [9.17, 15) is 4.79 Å². The highest BCUT2D eigenvalue weighted by Gasteiger charge is 2.51. The Morgan fingerprint density at radius 2 is 1.88 bits per heavy atom. The number of aromatic nitrogens is 1. The lowest BCUT2D eigenvalue weighted by atomic mass is 9.95. The number of amides is 1. The van der Waals surface area contributed by atoms with Crippen molar-refractivity contribution in [1.82, 2.24) is 4.98 Å². The van der Waals surface area contributed by atoms with Crippen molar-refractivity contribution in [2.45, 2.75) is 24.7 Å². The number of nitrogens with zero attached hydrogens (tertiary/aromatic N) is 1. The lowest BCUT2D eigenvalue weighted by Gasteiger charge is -2.14. The van der Waals surface area contributed by atoms with Crippen molar-refractivity contribution in [3.63, 3.8) is 0 Å². The van der Waals surface area contributed by atoms with Crippen LogP contribution in [0.15, 0.2) is 65.2 Å². The Bertz CT molecular complexity index is 897. The average molecular weight is 348 g/mol. The fourth-order valence-corrected chi connectivity index (χ4v) is 3.14. The molecule has 0 atom stereocenters. The molecule has 1 N–H and O–H groups in total. The first-order valence-electron chi connectivity index (χ1n) is 8.64. The van der Waals surface area contributed by atoms with Crippen LogP contribution in [0, 0.1) is 0 Å². The maximum Gasteiger partial charge on any atom is 0.301 e. The summed E-state index contributed by atoms with van der Waals surface area (Å²) >= 11 is 0. The monoisotopic (exact) mass is 348 g/mol. The number of hydrogen-bond acceptors (Lipinski definition) is 4. The molecule has 1 aromatic heterocycles.